The number of thiazole rings is 1. The molecule has 1 saturated heterocycles. The monoisotopic (exact) mass is 454 g/mol. The summed E-state index contributed by atoms with van der Waals surface area (Å²) in [6.07, 6.45) is 0. The van der Waals surface area contributed by atoms with Crippen molar-refractivity contribution in [2.45, 2.75) is 6.92 Å². The molecule has 2 aromatic heterocycles. The lowest BCUT2D eigenvalue weighted by Crippen LogP contribution is -2.48. The van der Waals surface area contributed by atoms with Crippen LogP contribution in [0.15, 0.2) is 30.3 Å². The molecule has 0 unspecified atom stereocenters. The van der Waals surface area contributed by atoms with Crippen LogP contribution in [0, 0.1) is 6.92 Å². The molecular formula is C20H18N6O5S. The molecule has 0 spiro atoms. The molecule has 1 aromatic carbocycles. The van der Waals surface area contributed by atoms with Gasteiger partial charge in [0.1, 0.15) is 10.7 Å². The van der Waals surface area contributed by atoms with E-state index in [-0.39, 0.29) is 28.8 Å². The molecule has 3 aromatic rings. The molecule has 11 nitrogen and oxygen atoms in total. The molecule has 1 aliphatic heterocycles. The summed E-state index contributed by atoms with van der Waals surface area (Å²) in [6, 6.07) is 7.94. The van der Waals surface area contributed by atoms with Crippen molar-refractivity contribution >= 4 is 46.1 Å². The van der Waals surface area contributed by atoms with Gasteiger partial charge in [0, 0.05) is 24.7 Å². The van der Waals surface area contributed by atoms with Gasteiger partial charge in [-0.15, -0.1) is 0 Å². The van der Waals surface area contributed by atoms with Crippen LogP contribution in [-0.2, 0) is 4.79 Å². The van der Waals surface area contributed by atoms with Crippen molar-refractivity contribution in [3.8, 4) is 11.3 Å². The second-order valence-electron chi connectivity index (χ2n) is 6.95. The number of nitrogens with zero attached hydrogens (tertiary/aromatic N) is 4. The Morgan fingerprint density at radius 3 is 2.50 bits per heavy atom. The van der Waals surface area contributed by atoms with Crippen LogP contribution >= 0.6 is 11.3 Å². The van der Waals surface area contributed by atoms with E-state index in [1.54, 1.807) is 30.0 Å². The van der Waals surface area contributed by atoms with E-state index in [4.69, 9.17) is 5.11 Å². The van der Waals surface area contributed by atoms with E-state index >= 15 is 0 Å². The molecule has 0 aliphatic carbocycles. The third kappa shape index (κ3) is 4.49. The minimum absolute atomic E-state index is 0.112. The number of hydrogen-bond acceptors (Lipinski definition) is 9. The van der Waals surface area contributed by atoms with E-state index in [0.717, 1.165) is 11.3 Å². The molecule has 32 heavy (non-hydrogen) atoms. The topological polar surface area (TPSA) is 158 Å². The van der Waals surface area contributed by atoms with Gasteiger partial charge in [0.2, 0.25) is 11.9 Å². The molecule has 4 rings (SSSR count). The zero-order valence-corrected chi connectivity index (χ0v) is 17.6. The minimum Gasteiger partial charge on any atom is -0.478 e. The summed E-state index contributed by atoms with van der Waals surface area (Å²) in [6.45, 7) is 2.76. The summed E-state index contributed by atoms with van der Waals surface area (Å²) < 4.78 is 0. The lowest BCUT2D eigenvalue weighted by Gasteiger charge is -2.28. The van der Waals surface area contributed by atoms with Gasteiger partial charge in [0.05, 0.1) is 23.5 Å². The molecule has 4 N–H and O–H groups in total. The van der Waals surface area contributed by atoms with Crippen molar-refractivity contribution in [2.24, 2.45) is 0 Å². The average Bonchev–Trinajstić information content (AvgIpc) is 3.13. The maximum Gasteiger partial charge on any atom is 0.347 e. The van der Waals surface area contributed by atoms with Crippen LogP contribution in [0.3, 0.4) is 0 Å². The van der Waals surface area contributed by atoms with E-state index < -0.39 is 11.9 Å². The summed E-state index contributed by atoms with van der Waals surface area (Å²) in [7, 11) is 0. The Kier molecular flexibility index (Phi) is 5.69. The first kappa shape index (κ1) is 21.2. The van der Waals surface area contributed by atoms with Crippen LogP contribution in [0.1, 0.15) is 25.7 Å². The van der Waals surface area contributed by atoms with Gasteiger partial charge in [-0.25, -0.2) is 19.6 Å². The van der Waals surface area contributed by atoms with Gasteiger partial charge in [-0.05, 0) is 19.1 Å². The number of aromatic carboxylic acids is 2. The Balaban J connectivity index is 1.73. The third-order valence-corrected chi connectivity index (χ3v) is 5.77. The number of carboxylic acids is 2. The van der Waals surface area contributed by atoms with E-state index in [1.165, 1.54) is 12.1 Å². The normalized spacial score (nSPS) is 13.5. The highest BCUT2D eigenvalue weighted by molar-refractivity contribution is 7.17. The average molecular weight is 454 g/mol. The number of anilines is 3. The number of carboxylic acid groups (broad SMARTS) is 2. The maximum absolute atomic E-state index is 11.9. The van der Waals surface area contributed by atoms with Gasteiger partial charge in [0.25, 0.3) is 0 Å². The number of carbonyl (C=O) groups is 3. The molecule has 0 radical (unpaired) electrons. The zero-order chi connectivity index (χ0) is 22.8. The van der Waals surface area contributed by atoms with Crippen molar-refractivity contribution in [3.63, 3.8) is 0 Å². The molecule has 1 aliphatic rings. The molecule has 164 valence electrons. The lowest BCUT2D eigenvalue weighted by atomic mass is 10.1. The van der Waals surface area contributed by atoms with Crippen molar-refractivity contribution in [3.05, 3.63) is 46.5 Å². The molecule has 0 bridgehead atoms. The molecule has 0 atom stereocenters. The molecule has 0 saturated carbocycles. The van der Waals surface area contributed by atoms with Crippen molar-refractivity contribution < 1.29 is 24.6 Å². The lowest BCUT2D eigenvalue weighted by molar-refractivity contribution is -0.120. The van der Waals surface area contributed by atoms with E-state index in [2.05, 4.69) is 25.6 Å². The largest absolute Gasteiger partial charge is 0.478 e. The van der Waals surface area contributed by atoms with Gasteiger partial charge < -0.3 is 20.4 Å². The van der Waals surface area contributed by atoms with Crippen LogP contribution in [0.2, 0.25) is 0 Å². The van der Waals surface area contributed by atoms with Gasteiger partial charge in [-0.2, -0.15) is 4.98 Å². The predicted molar refractivity (Wildman–Crippen MR) is 117 cm³/mol. The highest BCUT2D eigenvalue weighted by Gasteiger charge is 2.21. The standard InChI is InChI=1S/C20H18N6O5S/c1-10-16(18(30)31)32-20(22-10)25-19-23-13(11-2-4-12(5-3-11)17(28)29)8-14(24-19)26-7-6-21-15(27)9-26/h2-5,8H,6-7,9H2,1H3,(H,21,27)(H,28,29)(H,30,31)(H,22,23,24,25). The first-order valence-electron chi connectivity index (χ1n) is 9.52. The first-order chi connectivity index (χ1) is 15.3. The zero-order valence-electron chi connectivity index (χ0n) is 16.8. The Bertz CT molecular complexity index is 1210. The maximum atomic E-state index is 11.9. The van der Waals surface area contributed by atoms with Crippen LogP contribution in [0.5, 0.6) is 0 Å². The smallest absolute Gasteiger partial charge is 0.347 e. The van der Waals surface area contributed by atoms with Gasteiger partial charge in [-0.3, -0.25) is 10.1 Å². The fourth-order valence-electron chi connectivity index (χ4n) is 3.16. The van der Waals surface area contributed by atoms with Crippen LogP contribution < -0.4 is 15.5 Å². The van der Waals surface area contributed by atoms with Crippen LogP contribution in [0.4, 0.5) is 16.9 Å². The fourth-order valence-corrected chi connectivity index (χ4v) is 3.96. The predicted octanol–water partition coefficient (Wildman–Crippen LogP) is 1.98. The summed E-state index contributed by atoms with van der Waals surface area (Å²) in [5.74, 6) is -1.55. The Morgan fingerprint density at radius 1 is 1.12 bits per heavy atom. The minimum atomic E-state index is -1.07. The number of rotatable bonds is 6. The van der Waals surface area contributed by atoms with E-state index in [1.807, 2.05) is 0 Å². The third-order valence-electron chi connectivity index (χ3n) is 4.71. The number of aryl methyl sites for hydroxylation is 1. The van der Waals surface area contributed by atoms with Crippen molar-refractivity contribution in [1.29, 1.82) is 0 Å². The number of carbonyl (C=O) groups excluding carboxylic acids is 1. The Labute approximate surface area is 185 Å². The highest BCUT2D eigenvalue weighted by Crippen LogP contribution is 2.28. The summed E-state index contributed by atoms with van der Waals surface area (Å²) in [5, 5.41) is 24.4. The second-order valence-corrected chi connectivity index (χ2v) is 7.95. The van der Waals surface area contributed by atoms with Crippen LogP contribution in [-0.4, -0.2) is 62.6 Å². The molecular weight excluding hydrogens is 436 g/mol. The highest BCUT2D eigenvalue weighted by atomic mass is 32.1. The molecule has 1 amide bonds. The molecule has 3 heterocycles. The van der Waals surface area contributed by atoms with E-state index in [9.17, 15) is 19.5 Å². The molecule has 1 fully saturated rings. The quantitative estimate of drug-likeness (QED) is 0.434. The van der Waals surface area contributed by atoms with E-state index in [0.29, 0.717) is 41.0 Å². The number of amides is 1. The van der Waals surface area contributed by atoms with Gasteiger partial charge >= 0.3 is 11.9 Å². The summed E-state index contributed by atoms with van der Waals surface area (Å²) in [5.41, 5.74) is 1.68. The number of nitrogens with one attached hydrogen (secondary N) is 2. The van der Waals surface area contributed by atoms with Crippen molar-refractivity contribution in [1.82, 2.24) is 20.3 Å². The summed E-state index contributed by atoms with van der Waals surface area (Å²) >= 11 is 0.966. The SMILES string of the molecule is Cc1nc(Nc2nc(-c3ccc(C(=O)O)cc3)cc(N3CCNC(=O)C3)n2)sc1C(=O)O. The van der Waals surface area contributed by atoms with Crippen molar-refractivity contribution in [2.75, 3.05) is 29.9 Å². The Hall–Kier alpha value is -4.06. The number of hydrogen-bond donors (Lipinski definition) is 4. The summed E-state index contributed by atoms with van der Waals surface area (Å²) in [4.78, 5) is 49.4. The van der Waals surface area contributed by atoms with Gasteiger partial charge in [0.15, 0.2) is 5.13 Å². The Morgan fingerprint density at radius 2 is 1.88 bits per heavy atom. The van der Waals surface area contributed by atoms with Gasteiger partial charge in [-0.1, -0.05) is 23.5 Å². The fraction of sp³-hybridized carbons (Fsp3) is 0.200. The number of aromatic nitrogens is 3. The molecule has 12 heteroatoms. The second kappa shape index (κ2) is 8.59. The number of piperazine rings is 1. The number of benzene rings is 1. The van der Waals surface area contributed by atoms with Crippen LogP contribution in [0.25, 0.3) is 11.3 Å². The first-order valence-corrected chi connectivity index (χ1v) is 10.3.